The lowest BCUT2D eigenvalue weighted by Gasteiger charge is -2.16. The standard InChI is InChI=1S/C18H22N2O4S/c1-13-5-7-14(8-6-13)11-18(21)19-15-9-10-16(24-4)17(12-15)25(22,23)20(2)3/h5-10,12H,11H2,1-4H3,(H,19,21). The lowest BCUT2D eigenvalue weighted by molar-refractivity contribution is -0.115. The number of hydrogen-bond donors (Lipinski definition) is 1. The van der Waals surface area contributed by atoms with E-state index in [0.29, 0.717) is 5.69 Å². The molecule has 0 aromatic heterocycles. The van der Waals surface area contributed by atoms with Gasteiger partial charge in [0.1, 0.15) is 10.6 Å². The molecular weight excluding hydrogens is 340 g/mol. The molecule has 0 aliphatic carbocycles. The molecule has 2 aromatic rings. The number of aryl methyl sites for hydroxylation is 1. The molecule has 0 atom stereocenters. The van der Waals surface area contributed by atoms with Crippen LogP contribution in [0.3, 0.4) is 0 Å². The van der Waals surface area contributed by atoms with Gasteiger partial charge in [-0.25, -0.2) is 12.7 Å². The minimum absolute atomic E-state index is 0.00753. The summed E-state index contributed by atoms with van der Waals surface area (Å²) in [5.74, 6) is 0.00690. The topological polar surface area (TPSA) is 75.7 Å². The van der Waals surface area contributed by atoms with E-state index in [1.807, 2.05) is 31.2 Å². The van der Waals surface area contributed by atoms with Crippen molar-refractivity contribution in [3.8, 4) is 5.75 Å². The minimum Gasteiger partial charge on any atom is -0.495 e. The molecule has 134 valence electrons. The van der Waals surface area contributed by atoms with Gasteiger partial charge in [0.05, 0.1) is 13.5 Å². The Hall–Kier alpha value is -2.38. The fraction of sp³-hybridized carbons (Fsp3) is 0.278. The third-order valence-corrected chi connectivity index (χ3v) is 5.53. The number of nitrogens with one attached hydrogen (secondary N) is 1. The van der Waals surface area contributed by atoms with Crippen LogP contribution in [0.25, 0.3) is 0 Å². The Balaban J connectivity index is 2.22. The second-order valence-corrected chi connectivity index (χ2v) is 7.98. The molecule has 0 aliphatic heterocycles. The molecule has 1 N–H and O–H groups in total. The number of hydrogen-bond acceptors (Lipinski definition) is 4. The van der Waals surface area contributed by atoms with Crippen molar-refractivity contribution in [1.82, 2.24) is 4.31 Å². The number of amides is 1. The number of anilines is 1. The van der Waals surface area contributed by atoms with Crippen molar-refractivity contribution in [3.63, 3.8) is 0 Å². The zero-order chi connectivity index (χ0) is 18.6. The average Bonchev–Trinajstić information content (AvgIpc) is 2.56. The maximum Gasteiger partial charge on any atom is 0.246 e. The Kier molecular flexibility index (Phi) is 5.81. The van der Waals surface area contributed by atoms with Gasteiger partial charge in [0.2, 0.25) is 15.9 Å². The van der Waals surface area contributed by atoms with Crippen molar-refractivity contribution in [3.05, 3.63) is 53.6 Å². The van der Waals surface area contributed by atoms with Crippen LogP contribution in [-0.4, -0.2) is 39.8 Å². The lowest BCUT2D eigenvalue weighted by Crippen LogP contribution is -2.23. The first-order valence-corrected chi connectivity index (χ1v) is 9.14. The summed E-state index contributed by atoms with van der Waals surface area (Å²) in [6.45, 7) is 1.98. The molecule has 0 spiro atoms. The highest BCUT2D eigenvalue weighted by molar-refractivity contribution is 7.89. The molecule has 0 saturated carbocycles. The van der Waals surface area contributed by atoms with Gasteiger partial charge in [0.25, 0.3) is 0 Å². The summed E-state index contributed by atoms with van der Waals surface area (Å²) >= 11 is 0. The van der Waals surface area contributed by atoms with Crippen molar-refractivity contribution < 1.29 is 17.9 Å². The maximum absolute atomic E-state index is 12.4. The van der Waals surface area contributed by atoms with E-state index in [4.69, 9.17) is 4.74 Å². The predicted octanol–water partition coefficient (Wildman–Crippen LogP) is 2.44. The fourth-order valence-corrected chi connectivity index (χ4v) is 3.32. The molecule has 6 nitrogen and oxygen atoms in total. The molecule has 2 aromatic carbocycles. The monoisotopic (exact) mass is 362 g/mol. The van der Waals surface area contributed by atoms with Crippen molar-refractivity contribution in [2.24, 2.45) is 0 Å². The van der Waals surface area contributed by atoms with Gasteiger partial charge in [-0.2, -0.15) is 0 Å². The summed E-state index contributed by atoms with van der Waals surface area (Å²) in [6.07, 6.45) is 0.210. The first-order chi connectivity index (χ1) is 11.7. The van der Waals surface area contributed by atoms with Crippen LogP contribution < -0.4 is 10.1 Å². The second-order valence-electron chi connectivity index (χ2n) is 5.86. The third-order valence-electron chi connectivity index (χ3n) is 3.69. The number of carbonyl (C=O) groups is 1. The van der Waals surface area contributed by atoms with Crippen molar-refractivity contribution >= 4 is 21.6 Å². The molecule has 0 radical (unpaired) electrons. The van der Waals surface area contributed by atoms with Crippen molar-refractivity contribution in [1.29, 1.82) is 0 Å². The van der Waals surface area contributed by atoms with E-state index in [-0.39, 0.29) is 23.0 Å². The highest BCUT2D eigenvalue weighted by Gasteiger charge is 2.23. The Morgan fingerprint density at radius 2 is 1.76 bits per heavy atom. The summed E-state index contributed by atoms with van der Waals surface area (Å²) in [5, 5.41) is 2.73. The van der Waals surface area contributed by atoms with Gasteiger partial charge in [0, 0.05) is 19.8 Å². The van der Waals surface area contributed by atoms with E-state index in [2.05, 4.69) is 5.32 Å². The van der Waals surface area contributed by atoms with Crippen LogP contribution in [0.4, 0.5) is 5.69 Å². The predicted molar refractivity (Wildman–Crippen MR) is 97.4 cm³/mol. The molecule has 1 amide bonds. The normalized spacial score (nSPS) is 11.4. The van der Waals surface area contributed by atoms with Crippen LogP contribution in [0.2, 0.25) is 0 Å². The van der Waals surface area contributed by atoms with Gasteiger partial charge in [-0.1, -0.05) is 29.8 Å². The minimum atomic E-state index is -3.68. The van der Waals surface area contributed by atoms with Crippen LogP contribution in [0.5, 0.6) is 5.75 Å². The van der Waals surface area contributed by atoms with Gasteiger partial charge in [-0.05, 0) is 30.7 Å². The van der Waals surface area contributed by atoms with E-state index in [0.717, 1.165) is 15.4 Å². The summed E-state index contributed by atoms with van der Waals surface area (Å²) < 4.78 is 31.0. The Labute approximate surface area is 148 Å². The van der Waals surface area contributed by atoms with E-state index in [9.17, 15) is 13.2 Å². The van der Waals surface area contributed by atoms with Gasteiger partial charge < -0.3 is 10.1 Å². The van der Waals surface area contributed by atoms with E-state index in [1.165, 1.54) is 33.3 Å². The summed E-state index contributed by atoms with van der Waals surface area (Å²) in [4.78, 5) is 12.2. The van der Waals surface area contributed by atoms with Crippen LogP contribution in [0.15, 0.2) is 47.4 Å². The van der Waals surface area contributed by atoms with Crippen LogP contribution in [0, 0.1) is 6.92 Å². The highest BCUT2D eigenvalue weighted by Crippen LogP contribution is 2.28. The summed E-state index contributed by atoms with van der Waals surface area (Å²) in [5.41, 5.74) is 2.41. The van der Waals surface area contributed by atoms with Gasteiger partial charge in [-0.3, -0.25) is 4.79 Å². The van der Waals surface area contributed by atoms with Gasteiger partial charge in [0.15, 0.2) is 0 Å². The zero-order valence-corrected chi connectivity index (χ0v) is 15.6. The Bertz CT molecular complexity index is 859. The number of benzene rings is 2. The molecular formula is C18H22N2O4S. The van der Waals surface area contributed by atoms with E-state index in [1.54, 1.807) is 6.07 Å². The van der Waals surface area contributed by atoms with Crippen LogP contribution >= 0.6 is 0 Å². The van der Waals surface area contributed by atoms with Crippen LogP contribution in [0.1, 0.15) is 11.1 Å². The molecule has 0 bridgehead atoms. The average molecular weight is 362 g/mol. The van der Waals surface area contributed by atoms with Crippen molar-refractivity contribution in [2.75, 3.05) is 26.5 Å². The highest BCUT2D eigenvalue weighted by atomic mass is 32.2. The van der Waals surface area contributed by atoms with Gasteiger partial charge in [-0.15, -0.1) is 0 Å². The SMILES string of the molecule is COc1ccc(NC(=O)Cc2ccc(C)cc2)cc1S(=O)(=O)N(C)C. The zero-order valence-electron chi connectivity index (χ0n) is 14.7. The van der Waals surface area contributed by atoms with Crippen LogP contribution in [-0.2, 0) is 21.2 Å². The number of carbonyl (C=O) groups excluding carboxylic acids is 1. The smallest absolute Gasteiger partial charge is 0.246 e. The molecule has 2 rings (SSSR count). The number of nitrogens with zero attached hydrogens (tertiary/aromatic N) is 1. The molecule has 25 heavy (non-hydrogen) atoms. The Morgan fingerprint density at radius 3 is 2.32 bits per heavy atom. The fourth-order valence-electron chi connectivity index (χ4n) is 2.25. The molecule has 0 fully saturated rings. The lowest BCUT2D eigenvalue weighted by atomic mass is 10.1. The summed E-state index contributed by atoms with van der Waals surface area (Å²) in [6, 6.07) is 12.2. The van der Waals surface area contributed by atoms with E-state index >= 15 is 0 Å². The number of methoxy groups -OCH3 is 1. The number of ether oxygens (including phenoxy) is 1. The molecule has 0 unspecified atom stereocenters. The first kappa shape index (κ1) is 19.0. The molecule has 0 saturated heterocycles. The quantitative estimate of drug-likeness (QED) is 0.856. The van der Waals surface area contributed by atoms with Gasteiger partial charge >= 0.3 is 0 Å². The molecule has 0 heterocycles. The first-order valence-electron chi connectivity index (χ1n) is 7.70. The molecule has 7 heteroatoms. The largest absolute Gasteiger partial charge is 0.495 e. The molecule has 0 aliphatic rings. The number of sulfonamides is 1. The number of rotatable bonds is 6. The Morgan fingerprint density at radius 1 is 1.12 bits per heavy atom. The maximum atomic E-state index is 12.4. The van der Waals surface area contributed by atoms with Crippen molar-refractivity contribution in [2.45, 2.75) is 18.2 Å². The second kappa shape index (κ2) is 7.67. The summed E-state index contributed by atoms with van der Waals surface area (Å²) in [7, 11) is 0.602. The third kappa shape index (κ3) is 4.58. The van der Waals surface area contributed by atoms with E-state index < -0.39 is 10.0 Å².